The molecular formula is C17H21N5O2. The molecule has 0 bridgehead atoms. The van der Waals surface area contributed by atoms with Gasteiger partial charge in [0.15, 0.2) is 0 Å². The molecule has 1 aliphatic heterocycles. The van der Waals surface area contributed by atoms with E-state index in [9.17, 15) is 4.79 Å². The highest BCUT2D eigenvalue weighted by Gasteiger charge is 2.45. The quantitative estimate of drug-likeness (QED) is 0.897. The summed E-state index contributed by atoms with van der Waals surface area (Å²) in [5, 5.41) is 0. The van der Waals surface area contributed by atoms with Crippen LogP contribution < -0.4 is 15.2 Å². The van der Waals surface area contributed by atoms with E-state index in [4.69, 9.17) is 9.72 Å². The number of piperidine rings is 1. The third-order valence-corrected chi connectivity index (χ3v) is 5.18. The fraction of sp³-hybridized carbons (Fsp3) is 0.529. The minimum Gasteiger partial charge on any atom is -0.481 e. The highest BCUT2D eigenvalue weighted by Crippen LogP contribution is 2.43. The number of methoxy groups -OCH3 is 1. The lowest BCUT2D eigenvalue weighted by atomic mass is 9.77. The van der Waals surface area contributed by atoms with Gasteiger partial charge in [-0.2, -0.15) is 4.98 Å². The van der Waals surface area contributed by atoms with Crippen LogP contribution in [0.2, 0.25) is 0 Å². The summed E-state index contributed by atoms with van der Waals surface area (Å²) in [7, 11) is 1.61. The average molecular weight is 327 g/mol. The number of hydrogen-bond donors (Lipinski definition) is 1. The number of fused-ring (bicyclic) bond motifs is 2. The first-order valence-electron chi connectivity index (χ1n) is 8.34. The third kappa shape index (κ3) is 2.35. The zero-order chi connectivity index (χ0) is 16.7. The van der Waals surface area contributed by atoms with Crippen molar-refractivity contribution in [3.63, 3.8) is 0 Å². The van der Waals surface area contributed by atoms with E-state index in [1.54, 1.807) is 19.4 Å². The maximum absolute atomic E-state index is 12.2. The lowest BCUT2D eigenvalue weighted by molar-refractivity contribution is 0.330. The van der Waals surface area contributed by atoms with Crippen molar-refractivity contribution in [3.8, 4) is 5.88 Å². The van der Waals surface area contributed by atoms with E-state index in [-0.39, 0.29) is 11.0 Å². The fourth-order valence-corrected chi connectivity index (χ4v) is 4.06. The number of aromatic nitrogens is 4. The summed E-state index contributed by atoms with van der Waals surface area (Å²) in [6, 6.07) is 1.75. The Balaban J connectivity index is 1.71. The molecule has 1 aliphatic carbocycles. The molecule has 1 saturated heterocycles. The molecule has 2 aromatic rings. The average Bonchev–Trinajstić information content (AvgIpc) is 2.93. The molecule has 7 nitrogen and oxygen atoms in total. The summed E-state index contributed by atoms with van der Waals surface area (Å²) in [5.41, 5.74) is 1.79. The van der Waals surface area contributed by atoms with E-state index in [0.29, 0.717) is 17.7 Å². The Morgan fingerprint density at radius 1 is 1.33 bits per heavy atom. The summed E-state index contributed by atoms with van der Waals surface area (Å²) in [4.78, 5) is 30.8. The van der Waals surface area contributed by atoms with Crippen LogP contribution >= 0.6 is 0 Å². The molecule has 1 unspecified atom stereocenters. The minimum atomic E-state index is -0.0704. The SMILES string of the molecule is COc1ccnc(N2CCCC3(CCc4c3nc(C)[nH]c4=O)C2)n1. The van der Waals surface area contributed by atoms with Gasteiger partial charge in [-0.05, 0) is 32.6 Å². The first-order valence-corrected chi connectivity index (χ1v) is 8.34. The van der Waals surface area contributed by atoms with Gasteiger partial charge < -0.3 is 14.6 Å². The van der Waals surface area contributed by atoms with Crippen molar-refractivity contribution in [1.82, 2.24) is 19.9 Å². The molecule has 0 amide bonds. The van der Waals surface area contributed by atoms with Crippen molar-refractivity contribution in [3.05, 3.63) is 39.7 Å². The number of anilines is 1. The van der Waals surface area contributed by atoms with Crippen LogP contribution in [0.5, 0.6) is 5.88 Å². The molecule has 24 heavy (non-hydrogen) atoms. The number of ether oxygens (including phenoxy) is 1. The Morgan fingerprint density at radius 3 is 3.04 bits per heavy atom. The van der Waals surface area contributed by atoms with Crippen molar-refractivity contribution in [2.75, 3.05) is 25.1 Å². The van der Waals surface area contributed by atoms with Gasteiger partial charge in [0.25, 0.3) is 5.56 Å². The van der Waals surface area contributed by atoms with E-state index in [1.165, 1.54) is 0 Å². The summed E-state index contributed by atoms with van der Waals surface area (Å²) < 4.78 is 5.21. The zero-order valence-electron chi connectivity index (χ0n) is 14.0. The van der Waals surface area contributed by atoms with Crippen LogP contribution in [0.3, 0.4) is 0 Å². The molecule has 126 valence electrons. The second-order valence-corrected chi connectivity index (χ2v) is 6.68. The van der Waals surface area contributed by atoms with Crippen LogP contribution in [-0.2, 0) is 11.8 Å². The van der Waals surface area contributed by atoms with Crippen LogP contribution in [0, 0.1) is 6.92 Å². The number of nitrogens with zero attached hydrogens (tertiary/aromatic N) is 4. The van der Waals surface area contributed by atoms with Gasteiger partial charge in [0.2, 0.25) is 11.8 Å². The minimum absolute atomic E-state index is 0.0177. The Kier molecular flexibility index (Phi) is 3.51. The molecule has 1 atom stereocenters. The van der Waals surface area contributed by atoms with Gasteiger partial charge in [-0.3, -0.25) is 4.79 Å². The monoisotopic (exact) mass is 327 g/mol. The van der Waals surface area contributed by atoms with E-state index in [2.05, 4.69) is 19.9 Å². The smallest absolute Gasteiger partial charge is 0.254 e. The van der Waals surface area contributed by atoms with Gasteiger partial charge in [0.05, 0.1) is 12.8 Å². The van der Waals surface area contributed by atoms with Crippen molar-refractivity contribution in [2.45, 2.75) is 38.0 Å². The number of H-pyrrole nitrogens is 1. The molecule has 2 aliphatic rings. The molecule has 0 radical (unpaired) electrons. The topological polar surface area (TPSA) is 84.0 Å². The largest absolute Gasteiger partial charge is 0.481 e. The fourth-order valence-electron chi connectivity index (χ4n) is 4.06. The first-order chi connectivity index (χ1) is 11.6. The Hall–Kier alpha value is -2.44. The Labute approximate surface area is 140 Å². The van der Waals surface area contributed by atoms with Gasteiger partial charge in [0.1, 0.15) is 5.82 Å². The molecule has 7 heteroatoms. The number of nitrogens with one attached hydrogen (secondary N) is 1. The Morgan fingerprint density at radius 2 is 2.21 bits per heavy atom. The molecule has 1 N–H and O–H groups in total. The Bertz CT molecular complexity index is 834. The molecule has 4 rings (SSSR count). The lowest BCUT2D eigenvalue weighted by Crippen LogP contribution is -2.46. The van der Waals surface area contributed by atoms with Gasteiger partial charge in [0, 0.05) is 36.3 Å². The summed E-state index contributed by atoms with van der Waals surface area (Å²) in [5.74, 6) is 1.94. The van der Waals surface area contributed by atoms with E-state index in [1.807, 2.05) is 6.92 Å². The summed E-state index contributed by atoms with van der Waals surface area (Å²) in [6.45, 7) is 3.55. The summed E-state index contributed by atoms with van der Waals surface area (Å²) >= 11 is 0. The van der Waals surface area contributed by atoms with Gasteiger partial charge >= 0.3 is 0 Å². The van der Waals surface area contributed by atoms with Crippen molar-refractivity contribution >= 4 is 5.95 Å². The number of rotatable bonds is 2. The summed E-state index contributed by atoms with van der Waals surface area (Å²) in [6.07, 6.45) is 5.56. The molecule has 0 saturated carbocycles. The standard InChI is InChI=1S/C17H21N5O2/c1-11-19-14-12(15(23)20-11)4-7-17(14)6-3-9-22(10-17)16-18-8-5-13(21-16)24-2/h5,8H,3-4,6-7,9-10H2,1-2H3,(H,19,20,23). The van der Waals surface area contributed by atoms with Crippen molar-refractivity contribution in [1.29, 1.82) is 0 Å². The van der Waals surface area contributed by atoms with E-state index >= 15 is 0 Å². The number of aromatic amines is 1. The maximum Gasteiger partial charge on any atom is 0.254 e. The normalized spacial score (nSPS) is 22.7. The van der Waals surface area contributed by atoms with Crippen molar-refractivity contribution in [2.24, 2.45) is 0 Å². The lowest BCUT2D eigenvalue weighted by Gasteiger charge is -2.40. The van der Waals surface area contributed by atoms with E-state index in [0.717, 1.165) is 50.0 Å². The second-order valence-electron chi connectivity index (χ2n) is 6.68. The van der Waals surface area contributed by atoms with Gasteiger partial charge in [-0.15, -0.1) is 0 Å². The first kappa shape index (κ1) is 15.1. The molecule has 0 aromatic carbocycles. The van der Waals surface area contributed by atoms with Crippen LogP contribution in [0.1, 0.15) is 36.3 Å². The number of aryl methyl sites for hydroxylation is 1. The predicted molar refractivity (Wildman–Crippen MR) is 89.6 cm³/mol. The maximum atomic E-state index is 12.2. The van der Waals surface area contributed by atoms with Crippen LogP contribution in [0.25, 0.3) is 0 Å². The molecule has 2 aromatic heterocycles. The third-order valence-electron chi connectivity index (χ3n) is 5.18. The highest BCUT2D eigenvalue weighted by atomic mass is 16.5. The van der Waals surface area contributed by atoms with Crippen LogP contribution in [0.4, 0.5) is 5.95 Å². The van der Waals surface area contributed by atoms with Crippen LogP contribution in [-0.4, -0.2) is 40.1 Å². The molecule has 1 spiro atoms. The molecular weight excluding hydrogens is 306 g/mol. The number of hydrogen-bond acceptors (Lipinski definition) is 6. The molecule has 3 heterocycles. The van der Waals surface area contributed by atoms with Gasteiger partial charge in [-0.1, -0.05) is 0 Å². The second kappa shape index (κ2) is 5.58. The van der Waals surface area contributed by atoms with E-state index < -0.39 is 0 Å². The van der Waals surface area contributed by atoms with Gasteiger partial charge in [-0.25, -0.2) is 9.97 Å². The predicted octanol–water partition coefficient (Wildman–Crippen LogP) is 1.36. The van der Waals surface area contributed by atoms with Crippen molar-refractivity contribution < 1.29 is 4.74 Å². The molecule has 1 fully saturated rings. The highest BCUT2D eigenvalue weighted by molar-refractivity contribution is 5.40. The van der Waals surface area contributed by atoms with Crippen LogP contribution in [0.15, 0.2) is 17.1 Å². The zero-order valence-corrected chi connectivity index (χ0v) is 14.0.